The van der Waals surface area contributed by atoms with Crippen LogP contribution in [-0.4, -0.2) is 12.6 Å². The SMILES string of the molecule is CCOC(=O)c1ccc(CON)cc1. The second-order valence-electron chi connectivity index (χ2n) is 2.73. The average molecular weight is 195 g/mol. The van der Waals surface area contributed by atoms with Crippen LogP contribution < -0.4 is 5.90 Å². The number of esters is 1. The lowest BCUT2D eigenvalue weighted by atomic mass is 10.1. The quantitative estimate of drug-likeness (QED) is 0.580. The summed E-state index contributed by atoms with van der Waals surface area (Å²) in [5.74, 6) is 4.60. The van der Waals surface area contributed by atoms with Crippen molar-refractivity contribution in [3.05, 3.63) is 35.4 Å². The van der Waals surface area contributed by atoms with E-state index < -0.39 is 0 Å². The van der Waals surface area contributed by atoms with Crippen molar-refractivity contribution in [2.75, 3.05) is 6.61 Å². The molecule has 0 aliphatic heterocycles. The van der Waals surface area contributed by atoms with Gasteiger partial charge in [-0.1, -0.05) is 12.1 Å². The monoisotopic (exact) mass is 195 g/mol. The van der Waals surface area contributed by atoms with Crippen LogP contribution in [0.25, 0.3) is 0 Å². The van der Waals surface area contributed by atoms with Crippen LogP contribution in [0.15, 0.2) is 24.3 Å². The van der Waals surface area contributed by atoms with Crippen molar-refractivity contribution >= 4 is 5.97 Å². The van der Waals surface area contributed by atoms with Crippen LogP contribution >= 0.6 is 0 Å². The summed E-state index contributed by atoms with van der Waals surface area (Å²) in [6, 6.07) is 6.93. The van der Waals surface area contributed by atoms with E-state index in [1.807, 2.05) is 0 Å². The van der Waals surface area contributed by atoms with Crippen molar-refractivity contribution in [2.24, 2.45) is 5.90 Å². The molecule has 0 radical (unpaired) electrons. The van der Waals surface area contributed by atoms with E-state index in [1.54, 1.807) is 31.2 Å². The van der Waals surface area contributed by atoms with Crippen molar-refractivity contribution < 1.29 is 14.4 Å². The summed E-state index contributed by atoms with van der Waals surface area (Å²) < 4.78 is 4.83. The van der Waals surface area contributed by atoms with Gasteiger partial charge in [-0.15, -0.1) is 0 Å². The van der Waals surface area contributed by atoms with Gasteiger partial charge in [0.2, 0.25) is 0 Å². The fourth-order valence-corrected chi connectivity index (χ4v) is 1.05. The number of nitrogens with two attached hydrogens (primary N) is 1. The fraction of sp³-hybridized carbons (Fsp3) is 0.300. The first-order chi connectivity index (χ1) is 6.77. The van der Waals surface area contributed by atoms with Gasteiger partial charge < -0.3 is 4.74 Å². The molecule has 0 saturated carbocycles. The largest absolute Gasteiger partial charge is 0.462 e. The van der Waals surface area contributed by atoms with E-state index in [4.69, 9.17) is 10.6 Å². The average Bonchev–Trinajstić information content (AvgIpc) is 2.20. The summed E-state index contributed by atoms with van der Waals surface area (Å²) in [7, 11) is 0. The highest BCUT2D eigenvalue weighted by Crippen LogP contribution is 2.06. The Kier molecular flexibility index (Phi) is 4.10. The highest BCUT2D eigenvalue weighted by Gasteiger charge is 2.04. The molecular weight excluding hydrogens is 182 g/mol. The Balaban J connectivity index is 2.67. The predicted molar refractivity (Wildman–Crippen MR) is 51.4 cm³/mol. The number of hydrogen-bond acceptors (Lipinski definition) is 4. The molecule has 1 rings (SSSR count). The van der Waals surface area contributed by atoms with Crippen LogP contribution in [0.1, 0.15) is 22.8 Å². The molecule has 0 atom stereocenters. The summed E-state index contributed by atoms with van der Waals surface area (Å²) in [6.45, 7) is 2.49. The van der Waals surface area contributed by atoms with Crippen LogP contribution in [0.2, 0.25) is 0 Å². The van der Waals surface area contributed by atoms with E-state index in [1.165, 1.54) is 0 Å². The third-order valence-electron chi connectivity index (χ3n) is 1.72. The van der Waals surface area contributed by atoms with E-state index in [9.17, 15) is 4.79 Å². The first kappa shape index (κ1) is 10.7. The van der Waals surface area contributed by atoms with Gasteiger partial charge in [-0.3, -0.25) is 4.84 Å². The maximum Gasteiger partial charge on any atom is 0.338 e. The first-order valence-electron chi connectivity index (χ1n) is 4.35. The molecule has 0 spiro atoms. The van der Waals surface area contributed by atoms with Gasteiger partial charge in [0.05, 0.1) is 18.8 Å². The van der Waals surface area contributed by atoms with Gasteiger partial charge in [-0.05, 0) is 24.6 Å². The third kappa shape index (κ3) is 2.83. The summed E-state index contributed by atoms with van der Waals surface area (Å²) in [4.78, 5) is 15.7. The highest BCUT2D eigenvalue weighted by atomic mass is 16.6. The van der Waals surface area contributed by atoms with E-state index in [0.717, 1.165) is 5.56 Å². The Labute approximate surface area is 82.6 Å². The molecular formula is C10H13NO3. The Morgan fingerprint density at radius 2 is 2.00 bits per heavy atom. The topological polar surface area (TPSA) is 61.5 Å². The molecule has 4 nitrogen and oxygen atoms in total. The fourth-order valence-electron chi connectivity index (χ4n) is 1.05. The zero-order valence-corrected chi connectivity index (χ0v) is 8.03. The minimum absolute atomic E-state index is 0.312. The minimum Gasteiger partial charge on any atom is -0.462 e. The smallest absolute Gasteiger partial charge is 0.338 e. The molecule has 0 fully saturated rings. The zero-order valence-electron chi connectivity index (χ0n) is 8.03. The van der Waals surface area contributed by atoms with Gasteiger partial charge in [0.25, 0.3) is 0 Å². The van der Waals surface area contributed by atoms with Crippen LogP contribution in [0.3, 0.4) is 0 Å². The molecule has 2 N–H and O–H groups in total. The van der Waals surface area contributed by atoms with E-state index >= 15 is 0 Å². The van der Waals surface area contributed by atoms with Crippen molar-refractivity contribution in [2.45, 2.75) is 13.5 Å². The highest BCUT2D eigenvalue weighted by molar-refractivity contribution is 5.89. The van der Waals surface area contributed by atoms with Gasteiger partial charge in [-0.25, -0.2) is 10.7 Å². The standard InChI is InChI=1S/C10H13NO3/c1-2-13-10(12)9-5-3-8(4-6-9)7-14-11/h3-6H,2,7,11H2,1H3. The van der Waals surface area contributed by atoms with Crippen molar-refractivity contribution in [1.29, 1.82) is 0 Å². The molecule has 4 heteroatoms. The Morgan fingerprint density at radius 1 is 1.36 bits per heavy atom. The van der Waals surface area contributed by atoms with Gasteiger partial charge in [0.15, 0.2) is 0 Å². The van der Waals surface area contributed by atoms with E-state index in [2.05, 4.69) is 4.84 Å². The molecule has 1 aromatic rings. The molecule has 76 valence electrons. The van der Waals surface area contributed by atoms with Gasteiger partial charge in [-0.2, -0.15) is 0 Å². The molecule has 0 unspecified atom stereocenters. The van der Waals surface area contributed by atoms with Gasteiger partial charge in [0, 0.05) is 0 Å². The Bertz CT molecular complexity index is 295. The van der Waals surface area contributed by atoms with E-state index in [0.29, 0.717) is 18.8 Å². The minimum atomic E-state index is -0.312. The first-order valence-corrected chi connectivity index (χ1v) is 4.35. The normalized spacial score (nSPS) is 9.86. The van der Waals surface area contributed by atoms with Crippen LogP contribution in [0.4, 0.5) is 0 Å². The van der Waals surface area contributed by atoms with Crippen molar-refractivity contribution in [1.82, 2.24) is 0 Å². The van der Waals surface area contributed by atoms with Crippen molar-refractivity contribution in [3.63, 3.8) is 0 Å². The zero-order chi connectivity index (χ0) is 10.4. The maximum atomic E-state index is 11.2. The van der Waals surface area contributed by atoms with Gasteiger partial charge >= 0.3 is 5.97 Å². The summed E-state index contributed by atoms with van der Waals surface area (Å²) in [5, 5.41) is 0. The third-order valence-corrected chi connectivity index (χ3v) is 1.72. The van der Waals surface area contributed by atoms with Crippen LogP contribution in [-0.2, 0) is 16.2 Å². The predicted octanol–water partition coefficient (Wildman–Crippen LogP) is 1.25. The lowest BCUT2D eigenvalue weighted by molar-refractivity contribution is 0.0526. The molecule has 0 aliphatic rings. The molecule has 0 aliphatic carbocycles. The number of carbonyl (C=O) groups is 1. The van der Waals surface area contributed by atoms with Crippen molar-refractivity contribution in [3.8, 4) is 0 Å². The second-order valence-corrected chi connectivity index (χ2v) is 2.73. The summed E-state index contributed by atoms with van der Waals surface area (Å²) in [6.07, 6.45) is 0. The molecule has 0 aromatic heterocycles. The molecule has 0 heterocycles. The molecule has 1 aromatic carbocycles. The molecule has 0 bridgehead atoms. The van der Waals surface area contributed by atoms with Crippen LogP contribution in [0.5, 0.6) is 0 Å². The second kappa shape index (κ2) is 5.36. The number of benzene rings is 1. The molecule has 0 amide bonds. The number of hydrogen-bond donors (Lipinski definition) is 1. The summed E-state index contributed by atoms with van der Waals surface area (Å²) in [5.41, 5.74) is 1.45. The maximum absolute atomic E-state index is 11.2. The van der Waals surface area contributed by atoms with Crippen LogP contribution in [0, 0.1) is 0 Å². The Morgan fingerprint density at radius 3 is 2.50 bits per heavy atom. The number of rotatable bonds is 4. The lowest BCUT2D eigenvalue weighted by Crippen LogP contribution is -2.05. The number of carbonyl (C=O) groups excluding carboxylic acids is 1. The van der Waals surface area contributed by atoms with E-state index in [-0.39, 0.29) is 5.97 Å². The number of ether oxygens (including phenoxy) is 1. The Hall–Kier alpha value is -1.39. The molecule has 0 saturated heterocycles. The lowest BCUT2D eigenvalue weighted by Gasteiger charge is -2.02. The summed E-state index contributed by atoms with van der Waals surface area (Å²) >= 11 is 0. The van der Waals surface area contributed by atoms with Gasteiger partial charge in [0.1, 0.15) is 0 Å². The molecule has 14 heavy (non-hydrogen) atoms.